The van der Waals surface area contributed by atoms with Gasteiger partial charge in [0.25, 0.3) is 0 Å². The SMILES string of the molecule is CC(C)c1c(-c2cc(N)no2)cc(Cl)c2c1OCCCO2. The van der Waals surface area contributed by atoms with Crippen LogP contribution < -0.4 is 15.2 Å². The number of nitrogens with zero attached hydrogens (tertiary/aromatic N) is 1. The molecule has 1 aliphatic rings. The van der Waals surface area contributed by atoms with E-state index >= 15 is 0 Å². The molecule has 2 heterocycles. The van der Waals surface area contributed by atoms with E-state index in [2.05, 4.69) is 19.0 Å². The minimum Gasteiger partial charge on any atom is -0.489 e. The lowest BCUT2D eigenvalue weighted by molar-refractivity contribution is 0.296. The second-order valence-electron chi connectivity index (χ2n) is 5.30. The Morgan fingerprint density at radius 2 is 1.90 bits per heavy atom. The molecule has 0 amide bonds. The van der Waals surface area contributed by atoms with Gasteiger partial charge in [-0.1, -0.05) is 30.6 Å². The van der Waals surface area contributed by atoms with E-state index in [1.165, 1.54) is 0 Å². The second kappa shape index (κ2) is 5.48. The van der Waals surface area contributed by atoms with E-state index in [-0.39, 0.29) is 5.92 Å². The van der Waals surface area contributed by atoms with Gasteiger partial charge in [-0.25, -0.2) is 0 Å². The predicted octanol–water partition coefficient (Wildman–Crippen LogP) is 3.86. The molecule has 0 bridgehead atoms. The maximum absolute atomic E-state index is 6.35. The van der Waals surface area contributed by atoms with Crippen molar-refractivity contribution in [2.45, 2.75) is 26.2 Å². The molecule has 0 unspecified atom stereocenters. The van der Waals surface area contributed by atoms with Gasteiger partial charge < -0.3 is 19.7 Å². The molecule has 6 heteroatoms. The molecule has 112 valence electrons. The summed E-state index contributed by atoms with van der Waals surface area (Å²) in [5.74, 6) is 2.42. The van der Waals surface area contributed by atoms with Crippen LogP contribution in [0.5, 0.6) is 11.5 Å². The van der Waals surface area contributed by atoms with Crippen LogP contribution in [0.1, 0.15) is 31.7 Å². The van der Waals surface area contributed by atoms with Crippen molar-refractivity contribution in [1.82, 2.24) is 5.16 Å². The first kappa shape index (κ1) is 14.1. The van der Waals surface area contributed by atoms with E-state index in [1.807, 2.05) is 6.07 Å². The van der Waals surface area contributed by atoms with Crippen LogP contribution in [0.4, 0.5) is 5.82 Å². The van der Waals surface area contributed by atoms with Crippen molar-refractivity contribution in [3.8, 4) is 22.8 Å². The van der Waals surface area contributed by atoms with Crippen LogP contribution >= 0.6 is 11.6 Å². The monoisotopic (exact) mass is 308 g/mol. The first-order valence-corrected chi connectivity index (χ1v) is 7.30. The number of fused-ring (bicyclic) bond motifs is 1. The van der Waals surface area contributed by atoms with Crippen molar-refractivity contribution in [3.63, 3.8) is 0 Å². The summed E-state index contributed by atoms with van der Waals surface area (Å²) in [5, 5.41) is 4.24. The third kappa shape index (κ3) is 2.53. The van der Waals surface area contributed by atoms with Crippen molar-refractivity contribution >= 4 is 17.4 Å². The Morgan fingerprint density at radius 3 is 2.52 bits per heavy atom. The molecule has 21 heavy (non-hydrogen) atoms. The molecule has 0 saturated heterocycles. The summed E-state index contributed by atoms with van der Waals surface area (Å²) < 4.78 is 16.9. The van der Waals surface area contributed by atoms with Crippen LogP contribution in [0.2, 0.25) is 5.02 Å². The van der Waals surface area contributed by atoms with Crippen LogP contribution in [0.3, 0.4) is 0 Å². The quantitative estimate of drug-likeness (QED) is 0.912. The number of hydrogen-bond acceptors (Lipinski definition) is 5. The van der Waals surface area contributed by atoms with Gasteiger partial charge in [-0.2, -0.15) is 0 Å². The number of benzene rings is 1. The van der Waals surface area contributed by atoms with Gasteiger partial charge in [0.05, 0.1) is 18.2 Å². The molecule has 2 N–H and O–H groups in total. The zero-order valence-corrected chi connectivity index (χ0v) is 12.7. The fourth-order valence-corrected chi connectivity index (χ4v) is 2.75. The van der Waals surface area contributed by atoms with Crippen molar-refractivity contribution in [1.29, 1.82) is 0 Å². The summed E-state index contributed by atoms with van der Waals surface area (Å²) in [4.78, 5) is 0. The minimum atomic E-state index is 0.207. The molecule has 0 atom stereocenters. The summed E-state index contributed by atoms with van der Waals surface area (Å²) in [6, 6.07) is 3.51. The van der Waals surface area contributed by atoms with Crippen LogP contribution in [0.25, 0.3) is 11.3 Å². The summed E-state index contributed by atoms with van der Waals surface area (Å²) in [6.07, 6.45) is 0.827. The molecular formula is C15H17ClN2O3. The van der Waals surface area contributed by atoms with Gasteiger partial charge in [-0.3, -0.25) is 0 Å². The summed E-state index contributed by atoms with van der Waals surface area (Å²) in [6.45, 7) is 5.37. The minimum absolute atomic E-state index is 0.207. The van der Waals surface area contributed by atoms with E-state index in [4.69, 9.17) is 31.3 Å². The highest BCUT2D eigenvalue weighted by molar-refractivity contribution is 6.32. The Morgan fingerprint density at radius 1 is 1.19 bits per heavy atom. The molecule has 2 aromatic rings. The van der Waals surface area contributed by atoms with Crippen molar-refractivity contribution in [2.75, 3.05) is 18.9 Å². The third-order valence-electron chi connectivity index (χ3n) is 3.38. The standard InChI is InChI=1S/C15H17ClN2O3/c1-8(2)13-9(11-7-12(17)18-21-11)6-10(16)14-15(13)20-5-3-4-19-14/h6-8H,3-5H2,1-2H3,(H2,17,18). The third-order valence-corrected chi connectivity index (χ3v) is 3.66. The summed E-state index contributed by atoms with van der Waals surface area (Å²) >= 11 is 6.35. The molecule has 1 aromatic carbocycles. The van der Waals surface area contributed by atoms with Gasteiger partial charge in [0.2, 0.25) is 0 Å². The molecule has 0 saturated carbocycles. The van der Waals surface area contributed by atoms with Gasteiger partial charge in [-0.05, 0) is 12.0 Å². The number of rotatable bonds is 2. The molecular weight excluding hydrogens is 292 g/mol. The Kier molecular flexibility index (Phi) is 3.68. The lowest BCUT2D eigenvalue weighted by Crippen LogP contribution is -2.02. The van der Waals surface area contributed by atoms with Crippen LogP contribution in [-0.4, -0.2) is 18.4 Å². The summed E-state index contributed by atoms with van der Waals surface area (Å²) in [5.41, 5.74) is 7.48. The highest BCUT2D eigenvalue weighted by Crippen LogP contribution is 2.47. The first-order valence-electron chi connectivity index (χ1n) is 6.92. The average Bonchev–Trinajstić information content (AvgIpc) is 2.72. The van der Waals surface area contributed by atoms with Gasteiger partial charge in [0.1, 0.15) is 0 Å². The fourth-order valence-electron chi connectivity index (χ4n) is 2.50. The molecule has 0 spiro atoms. The zero-order valence-electron chi connectivity index (χ0n) is 12.0. The maximum atomic E-state index is 6.35. The zero-order chi connectivity index (χ0) is 15.0. The van der Waals surface area contributed by atoms with Crippen LogP contribution in [0, 0.1) is 0 Å². The van der Waals surface area contributed by atoms with Crippen molar-refractivity contribution < 1.29 is 14.0 Å². The Balaban J connectivity index is 2.25. The molecule has 0 radical (unpaired) electrons. The van der Waals surface area contributed by atoms with Crippen LogP contribution in [-0.2, 0) is 0 Å². The van der Waals surface area contributed by atoms with Crippen molar-refractivity contribution in [3.05, 3.63) is 22.7 Å². The van der Waals surface area contributed by atoms with Gasteiger partial charge in [-0.15, -0.1) is 0 Å². The Bertz CT molecular complexity index is 667. The number of nitrogens with two attached hydrogens (primary N) is 1. The second-order valence-corrected chi connectivity index (χ2v) is 5.71. The smallest absolute Gasteiger partial charge is 0.180 e. The first-order chi connectivity index (χ1) is 10.1. The molecule has 0 fully saturated rings. The number of nitrogen functional groups attached to an aromatic ring is 1. The van der Waals surface area contributed by atoms with Gasteiger partial charge >= 0.3 is 0 Å². The largest absolute Gasteiger partial charge is 0.489 e. The van der Waals surface area contributed by atoms with Crippen LogP contribution in [0.15, 0.2) is 16.7 Å². The van der Waals surface area contributed by atoms with Gasteiger partial charge in [0, 0.05) is 23.6 Å². The van der Waals surface area contributed by atoms with E-state index in [9.17, 15) is 0 Å². The number of aromatic nitrogens is 1. The number of halogens is 1. The Labute approximate surface area is 128 Å². The molecule has 3 rings (SSSR count). The molecule has 5 nitrogen and oxygen atoms in total. The molecule has 1 aromatic heterocycles. The lowest BCUT2D eigenvalue weighted by atomic mass is 9.94. The number of anilines is 1. The van der Waals surface area contributed by atoms with Crippen molar-refractivity contribution in [2.24, 2.45) is 0 Å². The normalized spacial score (nSPS) is 14.3. The van der Waals surface area contributed by atoms with E-state index < -0.39 is 0 Å². The summed E-state index contributed by atoms with van der Waals surface area (Å²) in [7, 11) is 0. The molecule has 0 aliphatic carbocycles. The van der Waals surface area contributed by atoms with E-state index in [0.29, 0.717) is 41.3 Å². The highest BCUT2D eigenvalue weighted by Gasteiger charge is 2.26. The molecule has 1 aliphatic heterocycles. The average molecular weight is 309 g/mol. The number of hydrogen-bond donors (Lipinski definition) is 1. The fraction of sp³-hybridized carbons (Fsp3) is 0.400. The highest BCUT2D eigenvalue weighted by atomic mass is 35.5. The predicted molar refractivity (Wildman–Crippen MR) is 81.1 cm³/mol. The van der Waals surface area contributed by atoms with E-state index in [1.54, 1.807) is 6.07 Å². The maximum Gasteiger partial charge on any atom is 0.180 e. The lowest BCUT2D eigenvalue weighted by Gasteiger charge is -2.19. The topological polar surface area (TPSA) is 70.5 Å². The Hall–Kier alpha value is -1.88. The van der Waals surface area contributed by atoms with Gasteiger partial charge in [0.15, 0.2) is 23.1 Å². The van der Waals surface area contributed by atoms with E-state index in [0.717, 1.165) is 17.5 Å². The number of ether oxygens (including phenoxy) is 2.